The third kappa shape index (κ3) is 4.20. The highest BCUT2D eigenvalue weighted by molar-refractivity contribution is 7.11. The Labute approximate surface area is 116 Å². The first-order chi connectivity index (χ1) is 8.82. The third-order valence-corrected chi connectivity index (χ3v) is 4.08. The summed E-state index contributed by atoms with van der Waals surface area (Å²) in [5.41, 5.74) is 0.931. The molecule has 0 aliphatic carbocycles. The molecule has 1 aromatic heterocycles. The van der Waals surface area contributed by atoms with Crippen LogP contribution < -0.4 is 5.32 Å². The summed E-state index contributed by atoms with van der Waals surface area (Å²) in [6.07, 6.45) is -0.0767. The van der Waals surface area contributed by atoms with Crippen LogP contribution in [0.4, 0.5) is 4.79 Å². The highest BCUT2D eigenvalue weighted by Crippen LogP contribution is 2.28. The molecule has 0 aromatic carbocycles. The Balaban J connectivity index is 2.61. The molecule has 106 valence electrons. The SMILES string of the molecule is Cc1nc(C)c(C(C)N(C)C(=O)NCCC(=O)O)s1. The molecule has 0 spiro atoms. The minimum atomic E-state index is -0.926. The fraction of sp³-hybridized carbons (Fsp3) is 0.583. The average Bonchev–Trinajstić information content (AvgIpc) is 2.66. The van der Waals surface area contributed by atoms with Gasteiger partial charge in [-0.25, -0.2) is 9.78 Å². The lowest BCUT2D eigenvalue weighted by atomic mass is 10.2. The monoisotopic (exact) mass is 285 g/mol. The van der Waals surface area contributed by atoms with Gasteiger partial charge in [-0.3, -0.25) is 4.79 Å². The van der Waals surface area contributed by atoms with Crippen LogP contribution in [0.5, 0.6) is 0 Å². The molecular weight excluding hydrogens is 266 g/mol. The smallest absolute Gasteiger partial charge is 0.317 e. The van der Waals surface area contributed by atoms with E-state index in [1.54, 1.807) is 23.3 Å². The highest BCUT2D eigenvalue weighted by Gasteiger charge is 2.21. The van der Waals surface area contributed by atoms with E-state index in [0.717, 1.165) is 15.6 Å². The van der Waals surface area contributed by atoms with E-state index in [1.807, 2.05) is 20.8 Å². The van der Waals surface area contributed by atoms with E-state index in [1.165, 1.54) is 0 Å². The van der Waals surface area contributed by atoms with Gasteiger partial charge in [0.25, 0.3) is 0 Å². The summed E-state index contributed by atoms with van der Waals surface area (Å²) in [6, 6.07) is -0.366. The van der Waals surface area contributed by atoms with E-state index in [4.69, 9.17) is 5.11 Å². The van der Waals surface area contributed by atoms with Crippen molar-refractivity contribution in [1.29, 1.82) is 0 Å². The number of nitrogens with one attached hydrogen (secondary N) is 1. The first kappa shape index (κ1) is 15.4. The number of aromatic nitrogens is 1. The normalized spacial score (nSPS) is 12.0. The van der Waals surface area contributed by atoms with Crippen molar-refractivity contribution in [3.8, 4) is 0 Å². The second-order valence-electron chi connectivity index (χ2n) is 4.35. The first-order valence-corrected chi connectivity index (χ1v) is 6.81. The van der Waals surface area contributed by atoms with Gasteiger partial charge >= 0.3 is 12.0 Å². The van der Waals surface area contributed by atoms with Crippen LogP contribution in [0.1, 0.15) is 35.0 Å². The maximum atomic E-state index is 11.9. The fourth-order valence-corrected chi connectivity index (χ4v) is 2.71. The van der Waals surface area contributed by atoms with Crippen LogP contribution in [0.3, 0.4) is 0 Å². The zero-order valence-electron chi connectivity index (χ0n) is 11.6. The zero-order valence-corrected chi connectivity index (χ0v) is 12.4. The molecule has 0 bridgehead atoms. The van der Waals surface area contributed by atoms with Gasteiger partial charge in [0.1, 0.15) is 0 Å². The molecule has 0 radical (unpaired) electrons. The molecule has 0 aliphatic rings. The average molecular weight is 285 g/mol. The minimum Gasteiger partial charge on any atom is -0.481 e. The van der Waals surface area contributed by atoms with Gasteiger partial charge in [-0.05, 0) is 20.8 Å². The lowest BCUT2D eigenvalue weighted by Crippen LogP contribution is -2.39. The summed E-state index contributed by atoms with van der Waals surface area (Å²) >= 11 is 1.57. The van der Waals surface area contributed by atoms with Crippen molar-refractivity contribution in [3.63, 3.8) is 0 Å². The maximum absolute atomic E-state index is 11.9. The number of carbonyl (C=O) groups is 2. The molecule has 1 heterocycles. The summed E-state index contributed by atoms with van der Waals surface area (Å²) in [5.74, 6) is -0.926. The van der Waals surface area contributed by atoms with Crippen LogP contribution in [0, 0.1) is 13.8 Å². The number of urea groups is 1. The van der Waals surface area contributed by atoms with Gasteiger partial charge in [0.05, 0.1) is 23.2 Å². The van der Waals surface area contributed by atoms with Crippen molar-refractivity contribution in [2.24, 2.45) is 0 Å². The van der Waals surface area contributed by atoms with E-state index in [-0.39, 0.29) is 25.0 Å². The van der Waals surface area contributed by atoms with E-state index in [9.17, 15) is 9.59 Å². The van der Waals surface area contributed by atoms with Crippen molar-refractivity contribution < 1.29 is 14.7 Å². The number of hydrogen-bond acceptors (Lipinski definition) is 4. The summed E-state index contributed by atoms with van der Waals surface area (Å²) in [5, 5.41) is 12.1. The Morgan fingerprint density at radius 3 is 2.58 bits per heavy atom. The number of carbonyl (C=O) groups excluding carboxylic acids is 1. The summed E-state index contributed by atoms with van der Waals surface area (Å²) in [4.78, 5) is 29.2. The Morgan fingerprint density at radius 1 is 1.47 bits per heavy atom. The number of hydrogen-bond donors (Lipinski definition) is 2. The second-order valence-corrected chi connectivity index (χ2v) is 5.58. The van der Waals surface area contributed by atoms with Crippen LogP contribution in [0.15, 0.2) is 0 Å². The van der Waals surface area contributed by atoms with Crippen molar-refractivity contribution in [3.05, 3.63) is 15.6 Å². The molecule has 0 aliphatic heterocycles. The van der Waals surface area contributed by atoms with Crippen LogP contribution in [0.25, 0.3) is 0 Å². The molecule has 1 aromatic rings. The third-order valence-electron chi connectivity index (χ3n) is 2.84. The number of carboxylic acids is 1. The predicted molar refractivity (Wildman–Crippen MR) is 73.4 cm³/mol. The quantitative estimate of drug-likeness (QED) is 0.866. The lowest BCUT2D eigenvalue weighted by molar-refractivity contribution is -0.136. The zero-order chi connectivity index (χ0) is 14.6. The molecule has 6 nitrogen and oxygen atoms in total. The lowest BCUT2D eigenvalue weighted by Gasteiger charge is -2.24. The standard InChI is InChI=1S/C12H19N3O3S/c1-7-11(19-9(3)14-7)8(2)15(4)12(18)13-6-5-10(16)17/h8H,5-6H2,1-4H3,(H,13,18)(H,16,17). The first-order valence-electron chi connectivity index (χ1n) is 5.99. The van der Waals surface area contributed by atoms with E-state index < -0.39 is 5.97 Å². The molecule has 1 unspecified atom stereocenters. The molecule has 2 N–H and O–H groups in total. The molecule has 1 rings (SSSR count). The van der Waals surface area contributed by atoms with Crippen molar-refractivity contribution >= 4 is 23.3 Å². The Hall–Kier alpha value is -1.63. The summed E-state index contributed by atoms with van der Waals surface area (Å²) in [7, 11) is 1.69. The number of aryl methyl sites for hydroxylation is 2. The molecule has 7 heteroatoms. The summed E-state index contributed by atoms with van der Waals surface area (Å²) < 4.78 is 0. The number of carboxylic acid groups (broad SMARTS) is 1. The fourth-order valence-electron chi connectivity index (χ4n) is 1.69. The van der Waals surface area contributed by atoms with E-state index >= 15 is 0 Å². The second kappa shape index (κ2) is 6.51. The molecular formula is C12H19N3O3S. The van der Waals surface area contributed by atoms with Gasteiger partial charge in [0, 0.05) is 18.5 Å². The topological polar surface area (TPSA) is 82.5 Å². The van der Waals surface area contributed by atoms with Gasteiger partial charge < -0.3 is 15.3 Å². The number of rotatable bonds is 5. The Bertz CT molecular complexity index is 473. The summed E-state index contributed by atoms with van der Waals surface area (Å²) in [6.45, 7) is 5.91. The van der Waals surface area contributed by atoms with Crippen LogP contribution >= 0.6 is 11.3 Å². The number of thiazole rings is 1. The molecule has 2 amide bonds. The molecule has 0 saturated heterocycles. The number of amides is 2. The number of aliphatic carboxylic acids is 1. The maximum Gasteiger partial charge on any atom is 0.317 e. The molecule has 1 atom stereocenters. The van der Waals surface area contributed by atoms with Crippen LogP contribution in [-0.4, -0.2) is 40.6 Å². The van der Waals surface area contributed by atoms with Crippen molar-refractivity contribution in [2.45, 2.75) is 33.2 Å². The van der Waals surface area contributed by atoms with Gasteiger partial charge in [0.15, 0.2) is 0 Å². The van der Waals surface area contributed by atoms with Crippen molar-refractivity contribution in [2.75, 3.05) is 13.6 Å². The van der Waals surface area contributed by atoms with E-state index in [2.05, 4.69) is 10.3 Å². The number of nitrogens with zero attached hydrogens (tertiary/aromatic N) is 2. The Morgan fingerprint density at radius 2 is 2.11 bits per heavy atom. The van der Waals surface area contributed by atoms with Crippen molar-refractivity contribution in [1.82, 2.24) is 15.2 Å². The van der Waals surface area contributed by atoms with Gasteiger partial charge in [-0.1, -0.05) is 0 Å². The molecule has 19 heavy (non-hydrogen) atoms. The van der Waals surface area contributed by atoms with Gasteiger partial charge in [0.2, 0.25) is 0 Å². The van der Waals surface area contributed by atoms with Crippen LogP contribution in [-0.2, 0) is 4.79 Å². The molecule has 0 saturated carbocycles. The minimum absolute atomic E-state index is 0.0767. The van der Waals surface area contributed by atoms with Gasteiger partial charge in [-0.15, -0.1) is 11.3 Å². The van der Waals surface area contributed by atoms with E-state index in [0.29, 0.717) is 0 Å². The molecule has 0 fully saturated rings. The Kier molecular flexibility index (Phi) is 5.29. The van der Waals surface area contributed by atoms with Crippen LogP contribution in [0.2, 0.25) is 0 Å². The van der Waals surface area contributed by atoms with Gasteiger partial charge in [-0.2, -0.15) is 0 Å². The predicted octanol–water partition coefficient (Wildman–Crippen LogP) is 1.94. The largest absolute Gasteiger partial charge is 0.481 e. The highest BCUT2D eigenvalue weighted by atomic mass is 32.1.